The van der Waals surface area contributed by atoms with E-state index in [0.717, 1.165) is 11.3 Å². The van der Waals surface area contributed by atoms with E-state index in [1.54, 1.807) is 24.3 Å². The summed E-state index contributed by atoms with van der Waals surface area (Å²) in [5.74, 6) is 0.586. The highest BCUT2D eigenvalue weighted by atomic mass is 35.5. The van der Waals surface area contributed by atoms with Crippen LogP contribution < -0.4 is 9.46 Å². The third-order valence-electron chi connectivity index (χ3n) is 3.01. The average Bonchev–Trinajstić information content (AvgIpc) is 2.48. The molecule has 1 N–H and O–H groups in total. The minimum absolute atomic E-state index is 0.141. The molecule has 0 fully saturated rings. The summed E-state index contributed by atoms with van der Waals surface area (Å²) in [5, 5.41) is 0.450. The first-order valence-corrected chi connectivity index (χ1v) is 8.95. The first-order valence-electron chi connectivity index (χ1n) is 6.92. The van der Waals surface area contributed by atoms with E-state index in [1.165, 1.54) is 0 Å². The van der Waals surface area contributed by atoms with Gasteiger partial charge in [-0.05, 0) is 36.2 Å². The van der Waals surface area contributed by atoms with Gasteiger partial charge in [0.15, 0.2) is 0 Å². The van der Waals surface area contributed by atoms with Crippen LogP contribution in [0, 0.1) is 0 Å². The lowest BCUT2D eigenvalue weighted by molar-refractivity contribution is 0.340. The van der Waals surface area contributed by atoms with Crippen molar-refractivity contribution in [3.8, 4) is 5.75 Å². The molecule has 0 aromatic heterocycles. The summed E-state index contributed by atoms with van der Waals surface area (Å²) in [6.45, 7) is 2.69. The van der Waals surface area contributed by atoms with Crippen LogP contribution in [-0.2, 0) is 22.3 Å². The number of benzene rings is 2. The summed E-state index contributed by atoms with van der Waals surface area (Å²) in [4.78, 5) is 0. The second-order valence-electron chi connectivity index (χ2n) is 4.75. The molecule has 0 amide bonds. The van der Waals surface area contributed by atoms with E-state index in [9.17, 15) is 8.42 Å². The highest BCUT2D eigenvalue weighted by Gasteiger charge is 2.13. The van der Waals surface area contributed by atoms with Crippen LogP contribution in [0.4, 0.5) is 0 Å². The molecule has 0 radical (unpaired) electrons. The Kier molecular flexibility index (Phi) is 5.83. The molecule has 0 saturated heterocycles. The topological polar surface area (TPSA) is 55.4 Å². The van der Waals surface area contributed by atoms with Gasteiger partial charge in [-0.3, -0.25) is 0 Å². The summed E-state index contributed by atoms with van der Waals surface area (Å²) in [5.41, 5.74) is 1.42. The van der Waals surface area contributed by atoms with Crippen molar-refractivity contribution in [2.24, 2.45) is 0 Å². The summed E-state index contributed by atoms with van der Waals surface area (Å²) >= 11 is 5.99. The van der Waals surface area contributed by atoms with Gasteiger partial charge in [0.05, 0.1) is 12.4 Å². The molecule has 0 atom stereocenters. The molecule has 0 unspecified atom stereocenters. The van der Waals surface area contributed by atoms with Crippen molar-refractivity contribution in [2.45, 2.75) is 19.2 Å². The van der Waals surface area contributed by atoms with Gasteiger partial charge in [0.1, 0.15) is 5.75 Å². The highest BCUT2D eigenvalue weighted by Crippen LogP contribution is 2.18. The minimum atomic E-state index is -3.46. The van der Waals surface area contributed by atoms with Crippen LogP contribution in [0.3, 0.4) is 0 Å². The van der Waals surface area contributed by atoms with Crippen molar-refractivity contribution in [1.82, 2.24) is 4.72 Å². The molecule has 6 heteroatoms. The minimum Gasteiger partial charge on any atom is -0.494 e. The Labute approximate surface area is 136 Å². The Balaban J connectivity index is 2.01. The Bertz CT molecular complexity index is 732. The van der Waals surface area contributed by atoms with Gasteiger partial charge in [0.2, 0.25) is 10.0 Å². The Morgan fingerprint density at radius 3 is 2.64 bits per heavy atom. The first kappa shape index (κ1) is 16.8. The molecule has 22 heavy (non-hydrogen) atoms. The van der Waals surface area contributed by atoms with Crippen molar-refractivity contribution in [3.63, 3.8) is 0 Å². The van der Waals surface area contributed by atoms with E-state index >= 15 is 0 Å². The number of halogens is 1. The quantitative estimate of drug-likeness (QED) is 0.841. The lowest BCUT2D eigenvalue weighted by atomic mass is 10.2. The summed E-state index contributed by atoms with van der Waals surface area (Å²) in [6, 6.07) is 14.3. The lowest BCUT2D eigenvalue weighted by Crippen LogP contribution is -2.24. The Morgan fingerprint density at radius 1 is 1.14 bits per heavy atom. The smallest absolute Gasteiger partial charge is 0.216 e. The van der Waals surface area contributed by atoms with Gasteiger partial charge >= 0.3 is 0 Å². The Hall–Kier alpha value is -1.56. The van der Waals surface area contributed by atoms with Gasteiger partial charge in [-0.2, -0.15) is 0 Å². The second-order valence-corrected chi connectivity index (χ2v) is 6.97. The SMILES string of the molecule is CCOc1cccc(CNS(=O)(=O)Cc2ccccc2Cl)c1. The summed E-state index contributed by atoms with van der Waals surface area (Å²) < 4.78 is 32.2. The molecule has 2 rings (SSSR count). The normalized spacial score (nSPS) is 11.4. The monoisotopic (exact) mass is 339 g/mol. The molecule has 2 aromatic carbocycles. The molecule has 118 valence electrons. The second kappa shape index (κ2) is 7.63. The van der Waals surface area contributed by atoms with Gasteiger partial charge in [0.25, 0.3) is 0 Å². The number of hydrogen-bond acceptors (Lipinski definition) is 3. The van der Waals surface area contributed by atoms with Crippen LogP contribution in [0.2, 0.25) is 5.02 Å². The maximum Gasteiger partial charge on any atom is 0.216 e. The highest BCUT2D eigenvalue weighted by molar-refractivity contribution is 7.88. The molecule has 0 aliphatic rings. The van der Waals surface area contributed by atoms with Gasteiger partial charge in [-0.25, -0.2) is 13.1 Å². The molecule has 2 aromatic rings. The molecular formula is C16H18ClNO3S. The molecule has 0 heterocycles. The number of nitrogens with one attached hydrogen (secondary N) is 1. The number of ether oxygens (including phenoxy) is 1. The summed E-state index contributed by atoms with van der Waals surface area (Å²) in [6.07, 6.45) is 0. The van der Waals surface area contributed by atoms with Crippen LogP contribution in [0.5, 0.6) is 5.75 Å². The van der Waals surface area contributed by atoms with E-state index < -0.39 is 10.0 Å². The van der Waals surface area contributed by atoms with Crippen LogP contribution in [0.15, 0.2) is 48.5 Å². The standard InChI is InChI=1S/C16H18ClNO3S/c1-2-21-15-8-5-6-13(10-15)11-18-22(19,20)12-14-7-3-4-9-16(14)17/h3-10,18H,2,11-12H2,1H3. The summed E-state index contributed by atoms with van der Waals surface area (Å²) in [7, 11) is -3.46. The van der Waals surface area contributed by atoms with E-state index in [0.29, 0.717) is 17.2 Å². The molecule has 0 spiro atoms. The molecule has 0 saturated carbocycles. The van der Waals surface area contributed by atoms with Crippen molar-refractivity contribution >= 4 is 21.6 Å². The molecule has 0 bridgehead atoms. The van der Waals surface area contributed by atoms with E-state index in [-0.39, 0.29) is 12.3 Å². The van der Waals surface area contributed by atoms with E-state index in [2.05, 4.69) is 4.72 Å². The molecule has 0 aliphatic carbocycles. The fourth-order valence-corrected chi connectivity index (χ4v) is 3.41. The maximum atomic E-state index is 12.1. The van der Waals surface area contributed by atoms with Crippen LogP contribution in [0.1, 0.15) is 18.1 Å². The average molecular weight is 340 g/mol. The predicted octanol–water partition coefficient (Wildman–Crippen LogP) is 3.36. The fraction of sp³-hybridized carbons (Fsp3) is 0.250. The number of hydrogen-bond donors (Lipinski definition) is 1. The van der Waals surface area contributed by atoms with Crippen molar-refractivity contribution in [2.75, 3.05) is 6.61 Å². The first-order chi connectivity index (χ1) is 10.5. The third-order valence-corrected chi connectivity index (χ3v) is 4.65. The van der Waals surface area contributed by atoms with Crippen molar-refractivity contribution < 1.29 is 13.2 Å². The zero-order valence-corrected chi connectivity index (χ0v) is 13.8. The van der Waals surface area contributed by atoms with Gasteiger partial charge in [0, 0.05) is 11.6 Å². The van der Waals surface area contributed by atoms with Gasteiger partial charge in [-0.1, -0.05) is 41.9 Å². The fourth-order valence-electron chi connectivity index (χ4n) is 1.98. The zero-order chi connectivity index (χ0) is 16.0. The van der Waals surface area contributed by atoms with Crippen molar-refractivity contribution in [3.05, 3.63) is 64.7 Å². The van der Waals surface area contributed by atoms with Gasteiger partial charge < -0.3 is 4.74 Å². The lowest BCUT2D eigenvalue weighted by Gasteiger charge is -2.09. The van der Waals surface area contributed by atoms with Crippen LogP contribution in [0.25, 0.3) is 0 Å². The predicted molar refractivity (Wildman–Crippen MR) is 88.5 cm³/mol. The van der Waals surface area contributed by atoms with E-state index in [4.69, 9.17) is 16.3 Å². The van der Waals surface area contributed by atoms with Crippen LogP contribution >= 0.6 is 11.6 Å². The maximum absolute atomic E-state index is 12.1. The molecular weight excluding hydrogens is 322 g/mol. The number of sulfonamides is 1. The third kappa shape index (κ3) is 5.02. The largest absolute Gasteiger partial charge is 0.494 e. The van der Waals surface area contributed by atoms with Crippen molar-refractivity contribution in [1.29, 1.82) is 0 Å². The molecule has 0 aliphatic heterocycles. The van der Waals surface area contributed by atoms with Gasteiger partial charge in [-0.15, -0.1) is 0 Å². The molecule has 4 nitrogen and oxygen atoms in total. The van der Waals surface area contributed by atoms with E-state index in [1.807, 2.05) is 31.2 Å². The Morgan fingerprint density at radius 2 is 1.91 bits per heavy atom. The van der Waals surface area contributed by atoms with Crippen LogP contribution in [-0.4, -0.2) is 15.0 Å². The number of rotatable bonds is 7. The zero-order valence-electron chi connectivity index (χ0n) is 12.3.